The van der Waals surface area contributed by atoms with Crippen molar-refractivity contribution in [3.8, 4) is 0 Å². The highest BCUT2D eigenvalue weighted by Gasteiger charge is 2.44. The van der Waals surface area contributed by atoms with Crippen LogP contribution in [0.4, 0.5) is 0 Å². The fraction of sp³-hybridized carbons (Fsp3) is 0.556. The normalized spacial score (nSPS) is 23.3. The zero-order valence-electron chi connectivity index (χ0n) is 15.0. The number of fused-ring (bicyclic) bond motifs is 1. The van der Waals surface area contributed by atoms with Crippen LogP contribution in [0.2, 0.25) is 0 Å². The van der Waals surface area contributed by atoms with Crippen LogP contribution >= 0.6 is 0 Å². The smallest absolute Gasteiger partial charge is 0.337 e. The van der Waals surface area contributed by atoms with Gasteiger partial charge in [-0.15, -0.1) is 13.2 Å². The predicted molar refractivity (Wildman–Crippen MR) is 96.6 cm³/mol. The summed E-state index contributed by atoms with van der Waals surface area (Å²) in [5.74, 6) is -0.469. The molecule has 3 rings (SSSR count). The van der Waals surface area contributed by atoms with Gasteiger partial charge >= 0.3 is 23.0 Å². The topological polar surface area (TPSA) is 105 Å². The van der Waals surface area contributed by atoms with Gasteiger partial charge in [0.15, 0.2) is 0 Å². The van der Waals surface area contributed by atoms with E-state index in [-0.39, 0.29) is 31.7 Å². The van der Waals surface area contributed by atoms with Gasteiger partial charge in [0.2, 0.25) is 0 Å². The van der Waals surface area contributed by atoms with Crippen LogP contribution < -0.4 is 17.1 Å². The summed E-state index contributed by atoms with van der Waals surface area (Å²) in [6.45, 7) is 6.53. The Kier molecular flexibility index (Phi) is 5.59. The number of allylic oxidation sites excluding steroid dienone is 2. The molecule has 1 aromatic rings. The zero-order valence-corrected chi connectivity index (χ0v) is 15.0. The summed E-state index contributed by atoms with van der Waals surface area (Å²) in [4.78, 5) is 49.4. The molecule has 0 spiro atoms. The predicted octanol–water partition coefficient (Wildman–Crippen LogP) is -0.346. The fourth-order valence-corrected chi connectivity index (χ4v) is 3.41. The first-order valence-electron chi connectivity index (χ1n) is 8.93. The van der Waals surface area contributed by atoms with Gasteiger partial charge in [-0.25, -0.2) is 28.1 Å². The minimum absolute atomic E-state index is 0.0746. The lowest BCUT2D eigenvalue weighted by Crippen LogP contribution is -2.55. The molecule has 3 atom stereocenters. The van der Waals surface area contributed by atoms with Crippen LogP contribution in [-0.4, -0.2) is 38.5 Å². The minimum Gasteiger partial charge on any atom is -0.464 e. The van der Waals surface area contributed by atoms with Crippen LogP contribution in [-0.2, 0) is 33.9 Å². The number of epoxide rings is 1. The second-order valence-electron chi connectivity index (χ2n) is 6.81. The van der Waals surface area contributed by atoms with E-state index >= 15 is 0 Å². The molecule has 1 aromatic heterocycles. The van der Waals surface area contributed by atoms with E-state index in [1.807, 2.05) is 0 Å². The molecule has 27 heavy (non-hydrogen) atoms. The first kappa shape index (κ1) is 19.1. The number of nitrogens with zero attached hydrogens (tertiary/aromatic N) is 3. The number of carbonyl (C=O) groups excluding carboxylic acids is 1. The largest absolute Gasteiger partial charge is 0.464 e. The number of ether oxygens (including phenoxy) is 2. The maximum Gasteiger partial charge on any atom is 0.337 e. The van der Waals surface area contributed by atoms with Crippen molar-refractivity contribution in [1.82, 2.24) is 13.7 Å². The molecule has 2 heterocycles. The molecule has 146 valence electrons. The summed E-state index contributed by atoms with van der Waals surface area (Å²) in [6.07, 6.45) is 6.11. The van der Waals surface area contributed by atoms with Crippen LogP contribution in [0.3, 0.4) is 0 Å². The van der Waals surface area contributed by atoms with E-state index in [9.17, 15) is 19.2 Å². The zero-order chi connectivity index (χ0) is 19.6. The van der Waals surface area contributed by atoms with Gasteiger partial charge in [0.1, 0.15) is 6.54 Å². The van der Waals surface area contributed by atoms with E-state index in [2.05, 4.69) is 13.2 Å². The molecule has 0 amide bonds. The second kappa shape index (κ2) is 7.91. The van der Waals surface area contributed by atoms with Crippen molar-refractivity contribution in [2.45, 2.75) is 51.1 Å². The molecule has 1 saturated heterocycles. The Morgan fingerprint density at radius 3 is 2.15 bits per heavy atom. The monoisotopic (exact) mass is 377 g/mol. The highest BCUT2D eigenvalue weighted by atomic mass is 16.6. The number of esters is 1. The maximum absolute atomic E-state index is 12.5. The number of hydrogen-bond acceptors (Lipinski definition) is 6. The van der Waals surface area contributed by atoms with Gasteiger partial charge in [-0.1, -0.05) is 12.2 Å². The number of carbonyl (C=O) groups is 1. The molecule has 1 saturated carbocycles. The van der Waals surface area contributed by atoms with Gasteiger partial charge in [0.25, 0.3) is 0 Å². The van der Waals surface area contributed by atoms with E-state index in [0.29, 0.717) is 10.7 Å². The Hall–Kier alpha value is -2.68. The third-order valence-corrected chi connectivity index (χ3v) is 4.89. The third kappa shape index (κ3) is 4.02. The van der Waals surface area contributed by atoms with E-state index in [1.54, 1.807) is 0 Å². The average molecular weight is 377 g/mol. The average Bonchev–Trinajstić information content (AvgIpc) is 3.43. The summed E-state index contributed by atoms with van der Waals surface area (Å²) >= 11 is 0. The Balaban J connectivity index is 1.76. The highest BCUT2D eigenvalue weighted by molar-refractivity contribution is 5.69. The van der Waals surface area contributed by atoms with Gasteiger partial charge < -0.3 is 9.47 Å². The first-order valence-corrected chi connectivity index (χ1v) is 8.93. The summed E-state index contributed by atoms with van der Waals surface area (Å²) in [5.41, 5.74) is -2.50. The van der Waals surface area contributed by atoms with E-state index < -0.39 is 29.6 Å². The number of hydrogen-bond donors (Lipinski definition) is 0. The van der Waals surface area contributed by atoms with Crippen LogP contribution in [0.5, 0.6) is 0 Å². The molecule has 0 N–H and O–H groups in total. The minimum atomic E-state index is -0.867. The summed E-state index contributed by atoms with van der Waals surface area (Å²) < 4.78 is 13.1. The third-order valence-electron chi connectivity index (χ3n) is 4.89. The van der Waals surface area contributed by atoms with Crippen LogP contribution in [0.1, 0.15) is 19.3 Å². The van der Waals surface area contributed by atoms with Gasteiger partial charge in [-0.3, -0.25) is 4.79 Å². The number of rotatable bonds is 8. The van der Waals surface area contributed by atoms with Gasteiger partial charge in [0.05, 0.1) is 31.9 Å². The summed E-state index contributed by atoms with van der Waals surface area (Å²) in [5, 5.41) is 0. The molecule has 2 aliphatic rings. The van der Waals surface area contributed by atoms with Crippen molar-refractivity contribution in [2.75, 3.05) is 6.61 Å². The molecule has 9 nitrogen and oxygen atoms in total. The van der Waals surface area contributed by atoms with Crippen molar-refractivity contribution in [2.24, 2.45) is 5.92 Å². The van der Waals surface area contributed by atoms with E-state index in [1.165, 1.54) is 12.2 Å². The lowest BCUT2D eigenvalue weighted by Gasteiger charge is -2.18. The van der Waals surface area contributed by atoms with Gasteiger partial charge in [-0.05, 0) is 25.2 Å². The molecule has 1 aliphatic heterocycles. The van der Waals surface area contributed by atoms with E-state index in [4.69, 9.17) is 9.47 Å². The van der Waals surface area contributed by atoms with Crippen molar-refractivity contribution >= 4 is 5.97 Å². The molecule has 0 aromatic carbocycles. The number of aromatic nitrogens is 3. The Bertz CT molecular complexity index is 876. The van der Waals surface area contributed by atoms with Crippen molar-refractivity contribution in [1.29, 1.82) is 0 Å². The van der Waals surface area contributed by atoms with Crippen molar-refractivity contribution in [3.63, 3.8) is 0 Å². The van der Waals surface area contributed by atoms with Crippen LogP contribution in [0, 0.1) is 5.92 Å². The summed E-state index contributed by atoms with van der Waals surface area (Å²) in [6, 6.07) is 0. The molecular weight excluding hydrogens is 354 g/mol. The molecule has 3 unspecified atom stereocenters. The summed E-state index contributed by atoms with van der Waals surface area (Å²) in [7, 11) is 0. The lowest BCUT2D eigenvalue weighted by atomic mass is 9.90. The Morgan fingerprint density at radius 1 is 1.00 bits per heavy atom. The first-order chi connectivity index (χ1) is 13.0. The van der Waals surface area contributed by atoms with Gasteiger partial charge in [0, 0.05) is 0 Å². The molecule has 2 fully saturated rings. The second-order valence-corrected chi connectivity index (χ2v) is 6.81. The molecule has 0 radical (unpaired) electrons. The molecule has 1 aliphatic carbocycles. The standard InChI is InChI=1S/C18H23N3O6/c1-3-7-19-16(23)20(8-4-2)18(25)21(17(19)24)10-15(22)26-11-12-5-6-13-14(9-12)27-13/h3-4,12-14H,1-2,5-11H2. The SMILES string of the molecule is C=CCn1c(=O)n(CC=C)c(=O)n(CC(=O)OCC2CCC3OC3C2)c1=O. The molecular formula is C18H23N3O6. The van der Waals surface area contributed by atoms with Crippen molar-refractivity contribution < 1.29 is 14.3 Å². The van der Waals surface area contributed by atoms with Gasteiger partial charge in [-0.2, -0.15) is 0 Å². The fourth-order valence-electron chi connectivity index (χ4n) is 3.41. The van der Waals surface area contributed by atoms with Crippen molar-refractivity contribution in [3.05, 3.63) is 56.8 Å². The molecule has 9 heteroatoms. The Morgan fingerprint density at radius 2 is 1.59 bits per heavy atom. The highest BCUT2D eigenvalue weighted by Crippen LogP contribution is 2.39. The van der Waals surface area contributed by atoms with Crippen LogP contribution in [0.15, 0.2) is 39.7 Å². The lowest BCUT2D eigenvalue weighted by molar-refractivity contribution is -0.146. The maximum atomic E-state index is 12.5. The molecule has 0 bridgehead atoms. The van der Waals surface area contributed by atoms with Crippen LogP contribution in [0.25, 0.3) is 0 Å². The quantitative estimate of drug-likeness (QED) is 0.349. The Labute approximate surface area is 155 Å². The van der Waals surface area contributed by atoms with E-state index in [0.717, 1.165) is 28.4 Å².